The molecule has 0 N–H and O–H groups in total. The van der Waals surface area contributed by atoms with Crippen molar-refractivity contribution >= 4 is 11.7 Å². The Kier molecular flexibility index (Phi) is 6.24. The van der Waals surface area contributed by atoms with Crippen molar-refractivity contribution in [2.75, 3.05) is 0 Å². The highest BCUT2D eigenvalue weighted by molar-refractivity contribution is 5.88. The zero-order valence-corrected chi connectivity index (χ0v) is 19.5. The maximum atomic E-state index is 13.7. The maximum absolute atomic E-state index is 13.7. The second-order valence-corrected chi connectivity index (χ2v) is 10.7. The van der Waals surface area contributed by atoms with E-state index in [0.717, 1.165) is 38.5 Å². The molecule has 4 aliphatic rings. The van der Waals surface area contributed by atoms with E-state index >= 15 is 0 Å². The van der Waals surface area contributed by atoms with Crippen LogP contribution in [0.5, 0.6) is 0 Å². The van der Waals surface area contributed by atoms with E-state index in [1.165, 1.54) is 17.6 Å². The van der Waals surface area contributed by atoms with Gasteiger partial charge >= 0.3 is 0 Å². The van der Waals surface area contributed by atoms with Gasteiger partial charge in [0.1, 0.15) is 5.78 Å². The summed E-state index contributed by atoms with van der Waals surface area (Å²) < 4.78 is 6.32. The van der Waals surface area contributed by atoms with Gasteiger partial charge in [-0.05, 0) is 87.7 Å². The van der Waals surface area contributed by atoms with Gasteiger partial charge in [0.15, 0.2) is 0 Å². The lowest BCUT2D eigenvalue weighted by Gasteiger charge is -2.56. The van der Waals surface area contributed by atoms with E-state index in [4.69, 9.17) is 4.74 Å². The molecule has 1 aromatic carbocycles. The summed E-state index contributed by atoms with van der Waals surface area (Å²) in [5.41, 5.74) is 2.72. The SMILES string of the molecule is CC(=O)C[C@H]1C(=O)N2[C@@H](C)CCC[C@H]2C2=CC[C@@H]3C[C@H](OCc4ccccc4)CC[C@H]3[C@@H]21. The Labute approximate surface area is 192 Å². The van der Waals surface area contributed by atoms with Crippen LogP contribution in [0.3, 0.4) is 0 Å². The Balaban J connectivity index is 1.35. The molecule has 3 fully saturated rings. The quantitative estimate of drug-likeness (QED) is 0.589. The summed E-state index contributed by atoms with van der Waals surface area (Å²) >= 11 is 0. The van der Waals surface area contributed by atoms with Crippen LogP contribution < -0.4 is 0 Å². The van der Waals surface area contributed by atoms with Crippen LogP contribution in [0, 0.1) is 23.7 Å². The van der Waals surface area contributed by atoms with E-state index in [-0.39, 0.29) is 35.6 Å². The van der Waals surface area contributed by atoms with Crippen molar-refractivity contribution in [3.05, 3.63) is 47.5 Å². The van der Waals surface area contributed by atoms with Gasteiger partial charge in [-0.1, -0.05) is 36.4 Å². The number of ketones is 1. The Morgan fingerprint density at radius 2 is 1.94 bits per heavy atom. The molecule has 5 rings (SSSR count). The molecule has 1 amide bonds. The highest BCUT2D eigenvalue weighted by Crippen LogP contribution is 2.53. The van der Waals surface area contributed by atoms with E-state index < -0.39 is 0 Å². The fourth-order valence-corrected chi connectivity index (χ4v) is 7.25. The molecule has 2 aliphatic heterocycles. The first-order valence-corrected chi connectivity index (χ1v) is 12.7. The number of fused-ring (bicyclic) bond motifs is 5. The number of hydrogen-bond donors (Lipinski definition) is 0. The monoisotopic (exact) mass is 435 g/mol. The molecule has 1 saturated carbocycles. The molecule has 0 unspecified atom stereocenters. The molecule has 1 aromatic rings. The van der Waals surface area contributed by atoms with Crippen molar-refractivity contribution in [3.63, 3.8) is 0 Å². The number of carbonyl (C=O) groups excluding carboxylic acids is 2. The van der Waals surface area contributed by atoms with Crippen molar-refractivity contribution in [1.29, 1.82) is 0 Å². The van der Waals surface area contributed by atoms with Gasteiger partial charge in [-0.3, -0.25) is 4.79 Å². The van der Waals surface area contributed by atoms with Crippen LogP contribution in [0.15, 0.2) is 42.0 Å². The highest BCUT2D eigenvalue weighted by atomic mass is 16.5. The Hall–Kier alpha value is -1.94. The number of amides is 1. The predicted octanol–water partition coefficient (Wildman–Crippen LogP) is 5.31. The van der Waals surface area contributed by atoms with Crippen LogP contribution in [-0.2, 0) is 20.9 Å². The lowest BCUT2D eigenvalue weighted by molar-refractivity contribution is -0.151. The normalized spacial score (nSPS) is 36.6. The van der Waals surface area contributed by atoms with Crippen LogP contribution in [0.4, 0.5) is 0 Å². The third-order valence-electron chi connectivity index (χ3n) is 8.63. The Bertz CT molecular complexity index is 878. The number of Topliss-reactive ketones (excluding diaryl/α,β-unsaturated/α-hetero) is 1. The van der Waals surface area contributed by atoms with Gasteiger partial charge in [0.2, 0.25) is 5.91 Å². The smallest absolute Gasteiger partial charge is 0.227 e. The molecule has 0 aromatic heterocycles. The molecule has 7 atom stereocenters. The zero-order valence-electron chi connectivity index (χ0n) is 19.5. The number of allylic oxidation sites excluding steroid dienone is 1. The molecule has 4 heteroatoms. The number of benzene rings is 1. The summed E-state index contributed by atoms with van der Waals surface area (Å²) in [6.07, 6.45) is 10.9. The third kappa shape index (κ3) is 4.07. The summed E-state index contributed by atoms with van der Waals surface area (Å²) in [6.45, 7) is 4.52. The van der Waals surface area contributed by atoms with Crippen LogP contribution in [0.1, 0.15) is 70.8 Å². The number of rotatable bonds is 5. The van der Waals surface area contributed by atoms with Gasteiger partial charge < -0.3 is 14.4 Å². The van der Waals surface area contributed by atoms with Crippen molar-refractivity contribution in [2.45, 2.75) is 90.0 Å². The van der Waals surface area contributed by atoms with Gasteiger partial charge in [0.05, 0.1) is 24.7 Å². The van der Waals surface area contributed by atoms with Crippen LogP contribution in [0.25, 0.3) is 0 Å². The van der Waals surface area contributed by atoms with E-state index in [1.807, 2.05) is 6.07 Å². The van der Waals surface area contributed by atoms with Crippen molar-refractivity contribution < 1.29 is 14.3 Å². The van der Waals surface area contributed by atoms with Crippen molar-refractivity contribution in [3.8, 4) is 0 Å². The molecule has 2 aliphatic carbocycles. The maximum Gasteiger partial charge on any atom is 0.227 e. The minimum Gasteiger partial charge on any atom is -0.374 e. The van der Waals surface area contributed by atoms with Crippen molar-refractivity contribution in [2.24, 2.45) is 23.7 Å². The van der Waals surface area contributed by atoms with E-state index in [2.05, 4.69) is 42.2 Å². The highest BCUT2D eigenvalue weighted by Gasteiger charge is 2.53. The lowest BCUT2D eigenvalue weighted by Crippen LogP contribution is -2.60. The standard InChI is InChI=1S/C28H37NO3/c1-18-7-6-10-26-24-13-11-21-16-22(32-17-20-8-4-3-5-9-20)12-14-23(21)27(24)25(15-19(2)30)28(31)29(18)26/h3-5,8-9,13,18,21-23,25-27H,6-7,10-12,14-17H2,1-2H3/t18-,21+,22+,23+,25+,26-,27-/m0/s1. The molecule has 32 heavy (non-hydrogen) atoms. The number of piperidine rings is 2. The van der Waals surface area contributed by atoms with E-state index in [1.54, 1.807) is 6.92 Å². The molecule has 172 valence electrons. The van der Waals surface area contributed by atoms with Crippen LogP contribution in [-0.4, -0.2) is 34.8 Å². The fraction of sp³-hybridized carbons (Fsp3) is 0.643. The molecule has 4 nitrogen and oxygen atoms in total. The van der Waals surface area contributed by atoms with E-state index in [0.29, 0.717) is 31.0 Å². The molecule has 0 spiro atoms. The first-order chi connectivity index (χ1) is 15.5. The Morgan fingerprint density at radius 1 is 1.12 bits per heavy atom. The third-order valence-corrected chi connectivity index (χ3v) is 8.63. The molecule has 0 radical (unpaired) electrons. The average Bonchev–Trinajstić information content (AvgIpc) is 2.80. The second kappa shape index (κ2) is 9.13. The van der Waals surface area contributed by atoms with Gasteiger partial charge in [-0.2, -0.15) is 0 Å². The predicted molar refractivity (Wildman–Crippen MR) is 125 cm³/mol. The lowest BCUT2D eigenvalue weighted by atomic mass is 9.57. The van der Waals surface area contributed by atoms with Crippen molar-refractivity contribution in [1.82, 2.24) is 4.90 Å². The van der Waals surface area contributed by atoms with Gasteiger partial charge in [-0.25, -0.2) is 0 Å². The van der Waals surface area contributed by atoms with Gasteiger partial charge in [0, 0.05) is 12.5 Å². The van der Waals surface area contributed by atoms with Crippen LogP contribution in [0.2, 0.25) is 0 Å². The first kappa shape index (κ1) is 21.9. The summed E-state index contributed by atoms with van der Waals surface area (Å²) in [5.74, 6) is 1.57. The zero-order chi connectivity index (χ0) is 22.2. The van der Waals surface area contributed by atoms with Gasteiger partial charge in [0.25, 0.3) is 0 Å². The summed E-state index contributed by atoms with van der Waals surface area (Å²) in [5, 5.41) is 0. The average molecular weight is 436 g/mol. The number of carbonyl (C=O) groups is 2. The number of ether oxygens (including phenoxy) is 1. The molecule has 2 saturated heterocycles. The number of hydrogen-bond acceptors (Lipinski definition) is 3. The fourth-order valence-electron chi connectivity index (χ4n) is 7.25. The summed E-state index contributed by atoms with van der Waals surface area (Å²) in [7, 11) is 0. The minimum absolute atomic E-state index is 0.146. The Morgan fingerprint density at radius 3 is 2.72 bits per heavy atom. The topological polar surface area (TPSA) is 46.6 Å². The molecule has 2 heterocycles. The minimum atomic E-state index is -0.162. The first-order valence-electron chi connectivity index (χ1n) is 12.7. The molecular formula is C28H37NO3. The largest absolute Gasteiger partial charge is 0.374 e. The van der Waals surface area contributed by atoms with Crippen LogP contribution >= 0.6 is 0 Å². The summed E-state index contributed by atoms with van der Waals surface area (Å²) in [4.78, 5) is 28.0. The van der Waals surface area contributed by atoms with E-state index in [9.17, 15) is 9.59 Å². The summed E-state index contributed by atoms with van der Waals surface area (Å²) in [6, 6.07) is 11.0. The second-order valence-electron chi connectivity index (χ2n) is 10.7. The molecule has 0 bridgehead atoms. The van der Waals surface area contributed by atoms with Gasteiger partial charge in [-0.15, -0.1) is 0 Å². The number of nitrogens with zero attached hydrogens (tertiary/aromatic N) is 1. The molecular weight excluding hydrogens is 398 g/mol.